The lowest BCUT2D eigenvalue weighted by atomic mass is 9.85. The first-order chi connectivity index (χ1) is 35.0. The van der Waals surface area contributed by atoms with Gasteiger partial charge in [-0.25, -0.2) is 0 Å². The molecule has 0 unspecified atom stereocenters. The Hall–Kier alpha value is -4.60. The molecule has 0 fully saturated rings. The molecular formula is C66H87O7PS3. The lowest BCUT2D eigenvalue weighted by Crippen LogP contribution is -2.19. The monoisotopic (exact) mass is 1120 g/mol. The zero-order valence-electron chi connectivity index (χ0n) is 50.6. The fourth-order valence-electron chi connectivity index (χ4n) is 9.23. The second kappa shape index (κ2) is 21.8. The van der Waals surface area contributed by atoms with Crippen molar-refractivity contribution in [3.63, 3.8) is 0 Å². The minimum atomic E-state index is -4.69. The molecule has 3 N–H and O–H groups in total. The van der Waals surface area contributed by atoms with Gasteiger partial charge in [-0.1, -0.05) is 160 Å². The van der Waals surface area contributed by atoms with Crippen molar-refractivity contribution < 1.29 is 33.5 Å². The number of phosphoric ester groups is 1. The summed E-state index contributed by atoms with van der Waals surface area (Å²) in [6.07, 6.45) is 0. The van der Waals surface area contributed by atoms with Gasteiger partial charge in [0, 0.05) is 62.8 Å². The van der Waals surface area contributed by atoms with Crippen LogP contribution in [0.5, 0.6) is 34.5 Å². The van der Waals surface area contributed by atoms with Crippen molar-refractivity contribution in [2.24, 2.45) is 0 Å². The zero-order valence-corrected chi connectivity index (χ0v) is 53.9. The highest BCUT2D eigenvalue weighted by atomic mass is 32.2. The Kier molecular flexibility index (Phi) is 17.4. The average Bonchev–Trinajstić information content (AvgIpc) is 3.24. The molecule has 416 valence electrons. The molecule has 0 bridgehead atoms. The highest BCUT2D eigenvalue weighted by Crippen LogP contribution is 2.57. The first kappa shape index (κ1) is 61.6. The first-order valence-electron chi connectivity index (χ1n) is 26.7. The Bertz CT molecular complexity index is 2930. The third-order valence-electron chi connectivity index (χ3n) is 13.8. The van der Waals surface area contributed by atoms with Crippen LogP contribution in [-0.2, 0) is 37.1 Å². The van der Waals surface area contributed by atoms with E-state index < -0.39 is 24.1 Å². The van der Waals surface area contributed by atoms with Crippen molar-refractivity contribution in [3.8, 4) is 34.5 Å². The van der Waals surface area contributed by atoms with E-state index in [1.807, 2.05) is 77.9 Å². The van der Waals surface area contributed by atoms with E-state index in [4.69, 9.17) is 13.6 Å². The summed E-state index contributed by atoms with van der Waals surface area (Å²) in [5.74, 6) is 2.10. The van der Waals surface area contributed by atoms with E-state index in [1.54, 1.807) is 35.3 Å². The molecule has 0 spiro atoms. The largest absolute Gasteiger partial charge is 0.647 e. The molecule has 0 aliphatic carbocycles. The van der Waals surface area contributed by atoms with E-state index in [2.05, 4.69) is 161 Å². The molecule has 0 aliphatic rings. The van der Waals surface area contributed by atoms with Crippen LogP contribution in [-0.4, -0.2) is 15.3 Å². The minimum absolute atomic E-state index is 0.269. The van der Waals surface area contributed by atoms with Gasteiger partial charge in [-0.15, -0.1) is 0 Å². The van der Waals surface area contributed by atoms with Gasteiger partial charge in [-0.2, -0.15) is 4.57 Å². The molecule has 6 rings (SSSR count). The van der Waals surface area contributed by atoms with Crippen molar-refractivity contribution in [1.29, 1.82) is 0 Å². The predicted octanol–water partition coefficient (Wildman–Crippen LogP) is 20.5. The number of aromatic hydroxyl groups is 3. The predicted molar refractivity (Wildman–Crippen MR) is 326 cm³/mol. The van der Waals surface area contributed by atoms with Crippen LogP contribution >= 0.6 is 43.1 Å². The Morgan fingerprint density at radius 1 is 0.312 bits per heavy atom. The van der Waals surface area contributed by atoms with Crippen molar-refractivity contribution in [2.45, 2.75) is 228 Å². The Morgan fingerprint density at radius 2 is 0.519 bits per heavy atom. The molecule has 11 heteroatoms. The van der Waals surface area contributed by atoms with Crippen molar-refractivity contribution >= 4 is 43.1 Å². The molecular weight excluding hydrogens is 1030 g/mol. The summed E-state index contributed by atoms with van der Waals surface area (Å²) in [4.78, 5) is 6.00. The van der Waals surface area contributed by atoms with Crippen LogP contribution in [0.15, 0.2) is 102 Å². The number of hydrogen-bond donors (Lipinski definition) is 3. The van der Waals surface area contributed by atoms with E-state index in [1.165, 1.54) is 0 Å². The molecule has 0 saturated heterocycles. The number of rotatable bonds is 12. The third-order valence-corrected chi connectivity index (χ3v) is 18.5. The van der Waals surface area contributed by atoms with Crippen LogP contribution in [0.25, 0.3) is 0 Å². The molecule has 0 aromatic heterocycles. The summed E-state index contributed by atoms with van der Waals surface area (Å²) in [5.41, 5.74) is 8.00. The minimum Gasteiger partial charge on any atom is -0.507 e. The fraction of sp³-hybridized carbons (Fsp3) is 0.455. The SMILES string of the molecule is Cc1cc(OP(=O)(Oc2cc(C)c(Sc3cc(C)c(O)c(C(C)(C)C)c3)cc2C(C)(C)C)Oc2cc(C)c(Sc3cc(C)c(O)c(C(C)(C)C)c3)cc2C(C)(C)C)c(C(C)(C)C)cc1Sc1cc(C)c(O)c(C(C)(C)C)c1. The molecule has 6 aromatic rings. The van der Waals surface area contributed by atoms with E-state index in [0.717, 1.165) is 96.1 Å². The standard InChI is InChI=1S/C66H87O7PS3/c1-37-28-52(46(61(7,8)9)34-55(37)75-43-25-40(4)58(67)49(31-43)64(16,17)18)71-74(70,72-53-29-38(2)56(35-47(53)62(10,11)12)76-44-26-41(5)59(68)50(32-44)65(19,20)21)73-54-30-39(3)57(36-48(54)63(13,14)15)77-45-27-42(6)60(69)51(33-45)66(22,23)24/h25-36,67-69H,1-24H3. The summed E-state index contributed by atoms with van der Waals surface area (Å²) >= 11 is 4.88. The van der Waals surface area contributed by atoms with Crippen LogP contribution < -0.4 is 13.6 Å². The van der Waals surface area contributed by atoms with Crippen LogP contribution in [0.1, 0.15) is 191 Å². The molecule has 0 saturated carbocycles. The fourth-order valence-corrected chi connectivity index (χ4v) is 13.7. The van der Waals surface area contributed by atoms with Gasteiger partial charge in [-0.3, -0.25) is 0 Å². The summed E-state index contributed by atoms with van der Waals surface area (Å²) in [7, 11) is -4.69. The maximum atomic E-state index is 16.5. The Balaban J connectivity index is 1.54. The van der Waals surface area contributed by atoms with E-state index in [9.17, 15) is 15.3 Å². The maximum Gasteiger partial charge on any atom is 0.647 e. The quantitative estimate of drug-likeness (QED) is 0.103. The Labute approximate surface area is 475 Å². The van der Waals surface area contributed by atoms with Gasteiger partial charge in [-0.05, 0) is 180 Å². The molecule has 0 aliphatic heterocycles. The number of hydrogen-bond acceptors (Lipinski definition) is 10. The third kappa shape index (κ3) is 14.4. The summed E-state index contributed by atoms with van der Waals surface area (Å²) in [6, 6.07) is 24.5. The second-order valence-electron chi connectivity index (χ2n) is 27.3. The zero-order chi connectivity index (χ0) is 58.1. The lowest BCUT2D eigenvalue weighted by molar-refractivity contribution is 0.290. The number of phenolic OH excluding ortho intramolecular Hbond substituents is 3. The van der Waals surface area contributed by atoms with Crippen LogP contribution in [0, 0.1) is 41.5 Å². The lowest BCUT2D eigenvalue weighted by Gasteiger charge is -2.30. The van der Waals surface area contributed by atoms with E-state index in [-0.39, 0.29) is 16.2 Å². The van der Waals surface area contributed by atoms with Gasteiger partial charge in [0.25, 0.3) is 0 Å². The number of phenols is 3. The summed E-state index contributed by atoms with van der Waals surface area (Å²) in [5, 5.41) is 33.3. The Morgan fingerprint density at radius 3 is 0.714 bits per heavy atom. The van der Waals surface area contributed by atoms with Crippen LogP contribution in [0.3, 0.4) is 0 Å². The van der Waals surface area contributed by atoms with Crippen molar-refractivity contribution in [3.05, 3.63) is 140 Å². The van der Waals surface area contributed by atoms with Crippen molar-refractivity contribution in [2.75, 3.05) is 0 Å². The molecule has 0 atom stereocenters. The van der Waals surface area contributed by atoms with E-state index >= 15 is 4.57 Å². The van der Waals surface area contributed by atoms with Gasteiger partial charge in [0.05, 0.1) is 0 Å². The van der Waals surface area contributed by atoms with E-state index in [0.29, 0.717) is 34.5 Å². The van der Waals surface area contributed by atoms with Gasteiger partial charge in [0.1, 0.15) is 34.5 Å². The van der Waals surface area contributed by atoms with Gasteiger partial charge < -0.3 is 28.9 Å². The van der Waals surface area contributed by atoms with Gasteiger partial charge in [0.15, 0.2) is 0 Å². The van der Waals surface area contributed by atoms with Crippen molar-refractivity contribution in [1.82, 2.24) is 0 Å². The summed E-state index contributed by atoms with van der Waals surface area (Å²) in [6.45, 7) is 49.9. The van der Waals surface area contributed by atoms with Crippen LogP contribution in [0.2, 0.25) is 0 Å². The molecule has 0 heterocycles. The molecule has 0 amide bonds. The number of phosphoric acid groups is 1. The van der Waals surface area contributed by atoms with Crippen LogP contribution in [0.4, 0.5) is 0 Å². The maximum absolute atomic E-state index is 16.5. The molecule has 6 aromatic carbocycles. The second-order valence-corrected chi connectivity index (χ2v) is 32.1. The highest BCUT2D eigenvalue weighted by molar-refractivity contribution is 8.00. The molecule has 0 radical (unpaired) electrons. The average molecular weight is 1120 g/mol. The molecule has 7 nitrogen and oxygen atoms in total. The number of aryl methyl sites for hydroxylation is 6. The normalized spacial score (nSPS) is 13.0. The number of benzene rings is 6. The highest BCUT2D eigenvalue weighted by Gasteiger charge is 2.40. The smallest absolute Gasteiger partial charge is 0.507 e. The summed E-state index contributed by atoms with van der Waals surface area (Å²) < 4.78 is 37.4. The first-order valence-corrected chi connectivity index (χ1v) is 30.6. The van der Waals surface area contributed by atoms with Gasteiger partial charge in [0.2, 0.25) is 0 Å². The van der Waals surface area contributed by atoms with Gasteiger partial charge >= 0.3 is 7.82 Å². The molecule has 77 heavy (non-hydrogen) atoms. The topological polar surface area (TPSA) is 105 Å².